The first-order valence-electron chi connectivity index (χ1n) is 7.43. The van der Waals surface area contributed by atoms with Crippen LogP contribution in [0.1, 0.15) is 11.1 Å². The Hall–Kier alpha value is -3.16. The average Bonchev–Trinajstić information content (AvgIpc) is 2.58. The average molecular weight is 366 g/mol. The molecule has 136 valence electrons. The summed E-state index contributed by atoms with van der Waals surface area (Å²) in [6.07, 6.45) is -2.52. The highest BCUT2D eigenvalue weighted by molar-refractivity contribution is 6.02. The van der Waals surface area contributed by atoms with Crippen LogP contribution < -0.4 is 10.6 Å². The summed E-state index contributed by atoms with van der Waals surface area (Å²) in [6.45, 7) is -0.340. The zero-order valence-corrected chi connectivity index (χ0v) is 13.3. The molecular formula is C18H14F4N2O2. The van der Waals surface area contributed by atoms with Crippen LogP contribution in [-0.2, 0) is 16.1 Å². The van der Waals surface area contributed by atoms with Crippen LogP contribution >= 0.6 is 0 Å². The zero-order chi connectivity index (χ0) is 19.2. The molecule has 0 bridgehead atoms. The Balaban J connectivity index is 1.96. The summed E-state index contributed by atoms with van der Waals surface area (Å²) in [6, 6.07) is 11.9. The van der Waals surface area contributed by atoms with Gasteiger partial charge in [0.1, 0.15) is 5.82 Å². The highest BCUT2D eigenvalue weighted by atomic mass is 19.4. The number of nitrogens with one attached hydrogen (secondary N) is 2. The highest BCUT2D eigenvalue weighted by Crippen LogP contribution is 2.16. The molecule has 2 amide bonds. The molecule has 0 spiro atoms. The fourth-order valence-corrected chi connectivity index (χ4v) is 2.00. The second-order valence-corrected chi connectivity index (χ2v) is 5.22. The van der Waals surface area contributed by atoms with E-state index < -0.39 is 23.8 Å². The lowest BCUT2D eigenvalue weighted by Crippen LogP contribution is -2.36. The van der Waals surface area contributed by atoms with Gasteiger partial charge in [0.25, 0.3) is 0 Å². The van der Waals surface area contributed by atoms with Crippen LogP contribution in [0.25, 0.3) is 6.08 Å². The van der Waals surface area contributed by atoms with Crippen LogP contribution in [0.5, 0.6) is 0 Å². The second kappa shape index (κ2) is 8.28. The maximum atomic E-state index is 13.5. The van der Waals surface area contributed by atoms with Gasteiger partial charge >= 0.3 is 12.1 Å². The number of alkyl halides is 3. The molecule has 2 aromatic carbocycles. The fraction of sp³-hybridized carbons (Fsp3) is 0.111. The van der Waals surface area contributed by atoms with E-state index in [1.807, 2.05) is 0 Å². The number of carbonyl (C=O) groups excluding carboxylic acids is 2. The Morgan fingerprint density at radius 3 is 2.46 bits per heavy atom. The largest absolute Gasteiger partial charge is 0.471 e. The molecular weight excluding hydrogens is 352 g/mol. The minimum Gasteiger partial charge on any atom is -0.344 e. The van der Waals surface area contributed by atoms with Gasteiger partial charge < -0.3 is 10.6 Å². The maximum Gasteiger partial charge on any atom is 0.471 e. The number of hydrogen-bond acceptors (Lipinski definition) is 2. The van der Waals surface area contributed by atoms with E-state index in [4.69, 9.17) is 0 Å². The van der Waals surface area contributed by atoms with Crippen molar-refractivity contribution in [2.45, 2.75) is 12.7 Å². The number of benzene rings is 2. The Labute approximate surface area is 146 Å². The minimum atomic E-state index is -4.96. The van der Waals surface area contributed by atoms with Crippen LogP contribution in [0.3, 0.4) is 0 Å². The Morgan fingerprint density at radius 2 is 1.77 bits per heavy atom. The molecule has 0 saturated heterocycles. The smallest absolute Gasteiger partial charge is 0.344 e. The monoisotopic (exact) mass is 366 g/mol. The van der Waals surface area contributed by atoms with Crippen molar-refractivity contribution in [3.8, 4) is 0 Å². The predicted octanol–water partition coefficient (Wildman–Crippen LogP) is 3.66. The third-order valence-corrected chi connectivity index (χ3v) is 3.22. The molecule has 0 heterocycles. The van der Waals surface area contributed by atoms with E-state index in [1.165, 1.54) is 48.5 Å². The molecule has 8 heteroatoms. The van der Waals surface area contributed by atoms with Gasteiger partial charge in [0.05, 0.1) is 0 Å². The van der Waals surface area contributed by atoms with Crippen molar-refractivity contribution in [3.63, 3.8) is 0 Å². The van der Waals surface area contributed by atoms with Crippen molar-refractivity contribution in [2.75, 3.05) is 5.32 Å². The van der Waals surface area contributed by atoms with Crippen molar-refractivity contribution in [1.82, 2.24) is 5.32 Å². The van der Waals surface area contributed by atoms with Crippen molar-refractivity contribution in [2.24, 2.45) is 0 Å². The number of rotatable bonds is 5. The summed E-state index contributed by atoms with van der Waals surface area (Å²) < 4.78 is 49.9. The lowest BCUT2D eigenvalue weighted by atomic mass is 10.2. The van der Waals surface area contributed by atoms with E-state index in [1.54, 1.807) is 11.4 Å². The van der Waals surface area contributed by atoms with Gasteiger partial charge in [-0.1, -0.05) is 30.3 Å². The van der Waals surface area contributed by atoms with Crippen LogP contribution in [0.2, 0.25) is 0 Å². The molecule has 26 heavy (non-hydrogen) atoms. The second-order valence-electron chi connectivity index (χ2n) is 5.22. The number of halogens is 4. The van der Waals surface area contributed by atoms with E-state index in [0.29, 0.717) is 11.3 Å². The van der Waals surface area contributed by atoms with Gasteiger partial charge in [-0.3, -0.25) is 9.59 Å². The molecule has 0 radical (unpaired) electrons. The molecule has 0 saturated carbocycles. The van der Waals surface area contributed by atoms with Gasteiger partial charge in [0.2, 0.25) is 5.91 Å². The summed E-state index contributed by atoms with van der Waals surface area (Å²) in [5, 5.41) is 4.25. The Morgan fingerprint density at radius 1 is 1.04 bits per heavy atom. The predicted molar refractivity (Wildman–Crippen MR) is 88.4 cm³/mol. The van der Waals surface area contributed by atoms with Gasteiger partial charge in [-0.2, -0.15) is 13.2 Å². The molecule has 0 unspecified atom stereocenters. The van der Waals surface area contributed by atoms with E-state index in [2.05, 4.69) is 5.32 Å². The molecule has 2 rings (SSSR count). The lowest BCUT2D eigenvalue weighted by Gasteiger charge is -2.09. The van der Waals surface area contributed by atoms with Crippen molar-refractivity contribution >= 4 is 23.6 Å². The Bertz CT molecular complexity index is 832. The molecule has 4 nitrogen and oxygen atoms in total. The standard InChI is InChI=1S/C18H14F4N2O2/c19-15-7-2-1-5-13(15)8-9-16(25)24-14-6-3-4-12(10-14)11-23-17(26)18(20,21)22/h1-10H,11H2,(H,23,26)(H,24,25)/b9-8+. The lowest BCUT2D eigenvalue weighted by molar-refractivity contribution is -0.173. The van der Waals surface area contributed by atoms with E-state index in [-0.39, 0.29) is 12.1 Å². The third kappa shape index (κ3) is 5.73. The van der Waals surface area contributed by atoms with Crippen LogP contribution in [-0.4, -0.2) is 18.0 Å². The third-order valence-electron chi connectivity index (χ3n) is 3.22. The topological polar surface area (TPSA) is 58.2 Å². The Kier molecular flexibility index (Phi) is 6.11. The van der Waals surface area contributed by atoms with Crippen molar-refractivity contribution in [1.29, 1.82) is 0 Å². The highest BCUT2D eigenvalue weighted by Gasteiger charge is 2.38. The van der Waals surface area contributed by atoms with E-state index in [9.17, 15) is 27.2 Å². The fourth-order valence-electron chi connectivity index (χ4n) is 2.00. The van der Waals surface area contributed by atoms with Gasteiger partial charge in [0, 0.05) is 23.9 Å². The molecule has 0 aromatic heterocycles. The molecule has 0 aliphatic heterocycles. The van der Waals surface area contributed by atoms with Crippen molar-refractivity contribution < 1.29 is 27.2 Å². The molecule has 0 aliphatic rings. The summed E-state index contributed by atoms with van der Waals surface area (Å²) in [5.74, 6) is -3.05. The van der Waals surface area contributed by atoms with Gasteiger partial charge in [-0.05, 0) is 29.8 Å². The first-order chi connectivity index (χ1) is 12.3. The first-order valence-corrected chi connectivity index (χ1v) is 7.43. The SMILES string of the molecule is O=C(/C=C/c1ccccc1F)Nc1cccc(CNC(=O)C(F)(F)F)c1. The van der Waals surface area contributed by atoms with Crippen LogP contribution in [0.15, 0.2) is 54.6 Å². The number of hydrogen-bond donors (Lipinski definition) is 2. The summed E-state index contributed by atoms with van der Waals surface area (Å²) >= 11 is 0. The maximum absolute atomic E-state index is 13.5. The van der Waals surface area contributed by atoms with Gasteiger partial charge in [-0.15, -0.1) is 0 Å². The molecule has 0 fully saturated rings. The van der Waals surface area contributed by atoms with Gasteiger partial charge in [0.15, 0.2) is 0 Å². The van der Waals surface area contributed by atoms with Crippen LogP contribution in [0, 0.1) is 5.82 Å². The summed E-state index contributed by atoms with van der Waals surface area (Å²) in [7, 11) is 0. The van der Waals surface area contributed by atoms with Crippen LogP contribution in [0.4, 0.5) is 23.2 Å². The number of carbonyl (C=O) groups is 2. The first kappa shape index (κ1) is 19.2. The van der Waals surface area contributed by atoms with E-state index in [0.717, 1.165) is 6.08 Å². The number of anilines is 1. The summed E-state index contributed by atoms with van der Waals surface area (Å²) in [4.78, 5) is 22.7. The summed E-state index contributed by atoms with van der Waals surface area (Å²) in [5.41, 5.74) is 0.941. The molecule has 2 aromatic rings. The van der Waals surface area contributed by atoms with Gasteiger partial charge in [-0.25, -0.2) is 4.39 Å². The molecule has 0 aliphatic carbocycles. The zero-order valence-electron chi connectivity index (χ0n) is 13.3. The quantitative estimate of drug-likeness (QED) is 0.627. The molecule has 0 atom stereocenters. The molecule has 2 N–H and O–H groups in total. The van der Waals surface area contributed by atoms with E-state index >= 15 is 0 Å². The number of amides is 2. The minimum absolute atomic E-state index is 0.242. The van der Waals surface area contributed by atoms with Crippen molar-refractivity contribution in [3.05, 3.63) is 71.6 Å². The normalized spacial score (nSPS) is 11.4.